The zero-order valence-electron chi connectivity index (χ0n) is 13.9. The number of esters is 1. The third-order valence-corrected chi connectivity index (χ3v) is 3.42. The first-order valence-electron chi connectivity index (χ1n) is 7.73. The van der Waals surface area contributed by atoms with Crippen LogP contribution in [0.3, 0.4) is 0 Å². The summed E-state index contributed by atoms with van der Waals surface area (Å²) in [5.41, 5.74) is -1.09. The Balaban J connectivity index is 2.08. The van der Waals surface area contributed by atoms with Crippen LogP contribution < -0.4 is 0 Å². The zero-order valence-corrected chi connectivity index (χ0v) is 13.9. The van der Waals surface area contributed by atoms with Crippen molar-refractivity contribution >= 4 is 5.97 Å². The molecule has 0 saturated heterocycles. The fourth-order valence-corrected chi connectivity index (χ4v) is 2.20. The average Bonchev–Trinajstić information content (AvgIpc) is 3.12. The van der Waals surface area contributed by atoms with Crippen molar-refractivity contribution in [3.8, 4) is 17.2 Å². The van der Waals surface area contributed by atoms with Crippen molar-refractivity contribution in [2.24, 2.45) is 0 Å². The van der Waals surface area contributed by atoms with Crippen LogP contribution in [0.5, 0.6) is 0 Å². The summed E-state index contributed by atoms with van der Waals surface area (Å²) in [6.45, 7) is 1.74. The second kappa shape index (κ2) is 7.14. The van der Waals surface area contributed by atoms with Crippen LogP contribution in [0.2, 0.25) is 0 Å². The Hall–Kier alpha value is -3.30. The molecule has 0 amide bonds. The molecule has 10 heteroatoms. The van der Waals surface area contributed by atoms with E-state index >= 15 is 0 Å². The van der Waals surface area contributed by atoms with E-state index in [2.05, 4.69) is 15.1 Å². The fraction of sp³-hybridized carbons (Fsp3) is 0.176. The van der Waals surface area contributed by atoms with Gasteiger partial charge in [-0.2, -0.15) is 18.3 Å². The largest absolute Gasteiger partial charge is 0.461 e. The van der Waals surface area contributed by atoms with Gasteiger partial charge in [-0.05, 0) is 43.3 Å². The van der Waals surface area contributed by atoms with Gasteiger partial charge in [0.1, 0.15) is 5.82 Å². The molecule has 0 radical (unpaired) electrons. The van der Waals surface area contributed by atoms with Crippen LogP contribution in [0, 0.1) is 5.82 Å². The molecule has 1 aromatic carbocycles. The molecule has 6 nitrogen and oxygen atoms in total. The van der Waals surface area contributed by atoms with Crippen LogP contribution in [0.25, 0.3) is 17.2 Å². The third kappa shape index (κ3) is 4.10. The maximum absolute atomic E-state index is 13.2. The lowest BCUT2D eigenvalue weighted by molar-refractivity contribution is -0.141. The molecule has 140 valence electrons. The van der Waals surface area contributed by atoms with E-state index in [1.807, 2.05) is 0 Å². The second-order valence-corrected chi connectivity index (χ2v) is 5.31. The molecule has 0 bridgehead atoms. The summed E-state index contributed by atoms with van der Waals surface area (Å²) in [5.74, 6) is -1.64. The highest BCUT2D eigenvalue weighted by atomic mass is 19.4. The predicted molar refractivity (Wildman–Crippen MR) is 85.5 cm³/mol. The van der Waals surface area contributed by atoms with E-state index in [0.29, 0.717) is 0 Å². The first kappa shape index (κ1) is 18.5. The van der Waals surface area contributed by atoms with Gasteiger partial charge < -0.3 is 4.74 Å². The number of rotatable bonds is 4. The highest BCUT2D eigenvalue weighted by molar-refractivity contribution is 5.87. The smallest absolute Gasteiger partial charge is 0.433 e. The van der Waals surface area contributed by atoms with Crippen molar-refractivity contribution in [2.75, 3.05) is 6.61 Å². The minimum absolute atomic E-state index is 0.0690. The zero-order chi connectivity index (χ0) is 19.6. The van der Waals surface area contributed by atoms with Gasteiger partial charge >= 0.3 is 12.1 Å². The number of nitrogens with zero attached hydrogens (tertiary/aromatic N) is 4. The van der Waals surface area contributed by atoms with Gasteiger partial charge in [0.15, 0.2) is 11.4 Å². The summed E-state index contributed by atoms with van der Waals surface area (Å²) < 4.78 is 58.5. The normalized spacial score (nSPS) is 11.4. The van der Waals surface area contributed by atoms with Crippen LogP contribution in [-0.4, -0.2) is 32.3 Å². The standard InChI is InChI=1S/C17H12F4N4O2/c1-2-27-15(26)12-7-8-25(24-12)16-22-13(9-14(23-16)17(19,20)21)10-3-5-11(18)6-4-10/h3-9H,2H2,1H3. The number of aromatic nitrogens is 4. The molecule has 0 aliphatic carbocycles. The number of carbonyl (C=O) groups excluding carboxylic acids is 1. The average molecular weight is 380 g/mol. The Labute approximate surface area is 150 Å². The molecular weight excluding hydrogens is 368 g/mol. The van der Waals surface area contributed by atoms with Crippen LogP contribution in [0.1, 0.15) is 23.1 Å². The summed E-state index contributed by atoms with van der Waals surface area (Å²) in [6, 6.07) is 6.85. The SMILES string of the molecule is CCOC(=O)c1ccn(-c2nc(-c3ccc(F)cc3)cc(C(F)(F)F)n2)n1. The fourth-order valence-electron chi connectivity index (χ4n) is 2.20. The van der Waals surface area contributed by atoms with Crippen LogP contribution in [0.4, 0.5) is 17.6 Å². The van der Waals surface area contributed by atoms with Gasteiger partial charge in [0.2, 0.25) is 0 Å². The molecule has 27 heavy (non-hydrogen) atoms. The molecule has 0 fully saturated rings. The van der Waals surface area contributed by atoms with Crippen molar-refractivity contribution in [1.29, 1.82) is 0 Å². The van der Waals surface area contributed by atoms with Crippen LogP contribution in [-0.2, 0) is 10.9 Å². The number of hydrogen-bond donors (Lipinski definition) is 0. The Morgan fingerprint density at radius 2 is 1.85 bits per heavy atom. The minimum Gasteiger partial charge on any atom is -0.461 e. The third-order valence-electron chi connectivity index (χ3n) is 3.42. The molecule has 0 unspecified atom stereocenters. The molecule has 3 aromatic rings. The van der Waals surface area contributed by atoms with Gasteiger partial charge in [-0.3, -0.25) is 0 Å². The van der Waals surface area contributed by atoms with Gasteiger partial charge in [0, 0.05) is 11.8 Å². The number of halogens is 4. The minimum atomic E-state index is -4.73. The Morgan fingerprint density at radius 3 is 2.48 bits per heavy atom. The van der Waals surface area contributed by atoms with E-state index in [1.54, 1.807) is 6.92 Å². The van der Waals surface area contributed by atoms with E-state index in [-0.39, 0.29) is 29.5 Å². The van der Waals surface area contributed by atoms with Crippen molar-refractivity contribution < 1.29 is 27.1 Å². The van der Waals surface area contributed by atoms with Crippen molar-refractivity contribution in [3.63, 3.8) is 0 Å². The van der Waals surface area contributed by atoms with Gasteiger partial charge in [-0.15, -0.1) is 0 Å². The number of benzene rings is 1. The van der Waals surface area contributed by atoms with E-state index in [1.165, 1.54) is 24.4 Å². The molecule has 0 N–H and O–H groups in total. The Kier molecular flexibility index (Phi) is 4.89. The highest BCUT2D eigenvalue weighted by Crippen LogP contribution is 2.30. The topological polar surface area (TPSA) is 69.9 Å². The van der Waals surface area contributed by atoms with Gasteiger partial charge in [-0.1, -0.05) is 0 Å². The lowest BCUT2D eigenvalue weighted by atomic mass is 10.1. The maximum Gasteiger partial charge on any atom is 0.433 e. The number of carbonyl (C=O) groups is 1. The molecule has 0 saturated carbocycles. The first-order chi connectivity index (χ1) is 12.8. The van der Waals surface area contributed by atoms with E-state index < -0.39 is 23.7 Å². The molecule has 2 aromatic heterocycles. The molecule has 0 aliphatic heterocycles. The summed E-state index contributed by atoms with van der Waals surface area (Å²) in [4.78, 5) is 19.2. The molecule has 0 atom stereocenters. The van der Waals surface area contributed by atoms with Gasteiger partial charge in [0.05, 0.1) is 12.3 Å². The summed E-state index contributed by atoms with van der Waals surface area (Å²) in [6.07, 6.45) is -3.49. The summed E-state index contributed by atoms with van der Waals surface area (Å²) in [5, 5.41) is 3.86. The molecule has 0 spiro atoms. The molecular formula is C17H12F4N4O2. The Bertz CT molecular complexity index is 968. The van der Waals surface area contributed by atoms with E-state index in [9.17, 15) is 22.4 Å². The number of hydrogen-bond acceptors (Lipinski definition) is 5. The van der Waals surface area contributed by atoms with Crippen LogP contribution >= 0.6 is 0 Å². The van der Waals surface area contributed by atoms with E-state index in [0.717, 1.165) is 22.9 Å². The first-order valence-corrected chi connectivity index (χ1v) is 7.73. The second-order valence-electron chi connectivity index (χ2n) is 5.31. The molecule has 0 aliphatic rings. The van der Waals surface area contributed by atoms with Crippen molar-refractivity contribution in [2.45, 2.75) is 13.1 Å². The summed E-state index contributed by atoms with van der Waals surface area (Å²) in [7, 11) is 0. The van der Waals surface area contributed by atoms with Crippen molar-refractivity contribution in [1.82, 2.24) is 19.7 Å². The van der Waals surface area contributed by atoms with Gasteiger partial charge in [0.25, 0.3) is 5.95 Å². The monoisotopic (exact) mass is 380 g/mol. The van der Waals surface area contributed by atoms with Crippen LogP contribution in [0.15, 0.2) is 42.6 Å². The molecule has 3 rings (SSSR count). The van der Waals surface area contributed by atoms with Crippen molar-refractivity contribution in [3.05, 3.63) is 59.8 Å². The maximum atomic E-state index is 13.2. The van der Waals surface area contributed by atoms with Gasteiger partial charge in [-0.25, -0.2) is 23.8 Å². The lowest BCUT2D eigenvalue weighted by Gasteiger charge is -2.10. The quantitative estimate of drug-likeness (QED) is 0.510. The highest BCUT2D eigenvalue weighted by Gasteiger charge is 2.34. The summed E-state index contributed by atoms with van der Waals surface area (Å²) >= 11 is 0. The number of ether oxygens (including phenoxy) is 1. The lowest BCUT2D eigenvalue weighted by Crippen LogP contribution is -2.14. The Morgan fingerprint density at radius 1 is 1.15 bits per heavy atom. The predicted octanol–water partition coefficient (Wildman–Crippen LogP) is 3.66. The van der Waals surface area contributed by atoms with E-state index in [4.69, 9.17) is 4.74 Å². The molecule has 2 heterocycles. The number of alkyl halides is 3.